The predicted octanol–water partition coefficient (Wildman–Crippen LogP) is 4.58. The van der Waals surface area contributed by atoms with Crippen molar-refractivity contribution in [1.29, 1.82) is 0 Å². The summed E-state index contributed by atoms with van der Waals surface area (Å²) in [6.45, 7) is 0. The Morgan fingerprint density at radius 2 is 1.45 bits per heavy atom. The number of hydrogen-bond acceptors (Lipinski definition) is 6. The highest BCUT2D eigenvalue weighted by Gasteiger charge is 2.34. The summed E-state index contributed by atoms with van der Waals surface area (Å²) < 4.78 is 32.4. The van der Waals surface area contributed by atoms with Crippen molar-refractivity contribution in [1.82, 2.24) is 0 Å². The van der Waals surface area contributed by atoms with Crippen LogP contribution in [0, 0.1) is 0 Å². The van der Waals surface area contributed by atoms with Gasteiger partial charge in [-0.1, -0.05) is 24.3 Å². The zero-order valence-electron chi connectivity index (χ0n) is 17.8. The SMILES string of the molecule is COc1ccc(C=C2C(=O)c3cc(OP(=O)(O)O)ccc3OC2c2ccc(OC)cc2)cc1. The average molecular weight is 468 g/mol. The highest BCUT2D eigenvalue weighted by Crippen LogP contribution is 2.43. The van der Waals surface area contributed by atoms with Crippen molar-refractivity contribution in [3.05, 3.63) is 89.0 Å². The van der Waals surface area contributed by atoms with E-state index in [0.29, 0.717) is 17.1 Å². The predicted molar refractivity (Wildman–Crippen MR) is 121 cm³/mol. The Kier molecular flexibility index (Phi) is 6.24. The first-order valence-corrected chi connectivity index (χ1v) is 11.4. The molecule has 0 fully saturated rings. The van der Waals surface area contributed by atoms with E-state index in [1.54, 1.807) is 44.6 Å². The first-order chi connectivity index (χ1) is 15.8. The van der Waals surface area contributed by atoms with Crippen LogP contribution in [0.2, 0.25) is 0 Å². The molecule has 33 heavy (non-hydrogen) atoms. The number of phosphoric ester groups is 1. The molecule has 0 saturated heterocycles. The number of carbonyl (C=O) groups is 1. The number of benzene rings is 3. The molecule has 1 aliphatic rings. The van der Waals surface area contributed by atoms with Crippen LogP contribution in [0.5, 0.6) is 23.0 Å². The number of phosphoric acid groups is 1. The molecular weight excluding hydrogens is 447 g/mol. The van der Waals surface area contributed by atoms with Gasteiger partial charge in [-0.15, -0.1) is 0 Å². The zero-order chi connectivity index (χ0) is 23.6. The second-order valence-electron chi connectivity index (χ2n) is 7.21. The average Bonchev–Trinajstić information content (AvgIpc) is 2.80. The Morgan fingerprint density at radius 3 is 2.03 bits per heavy atom. The Labute approximate surface area is 190 Å². The van der Waals surface area contributed by atoms with Crippen LogP contribution in [0.1, 0.15) is 27.6 Å². The number of Topliss-reactive ketones (excluding diaryl/α,β-unsaturated/α-hetero) is 1. The molecule has 0 radical (unpaired) electrons. The Bertz CT molecular complexity index is 1240. The number of ketones is 1. The first kappa shape index (κ1) is 22.6. The summed E-state index contributed by atoms with van der Waals surface area (Å²) in [6, 6.07) is 18.4. The van der Waals surface area contributed by atoms with Gasteiger partial charge in [0.15, 0.2) is 11.9 Å². The quantitative estimate of drug-likeness (QED) is 0.400. The molecule has 4 rings (SSSR count). The van der Waals surface area contributed by atoms with E-state index in [9.17, 15) is 9.36 Å². The summed E-state index contributed by atoms with van der Waals surface area (Å²) in [7, 11) is -1.64. The summed E-state index contributed by atoms with van der Waals surface area (Å²) in [5.74, 6) is 1.15. The molecule has 0 amide bonds. The maximum Gasteiger partial charge on any atom is 0.524 e. The molecule has 1 unspecified atom stereocenters. The summed E-state index contributed by atoms with van der Waals surface area (Å²) in [5.41, 5.74) is 1.99. The van der Waals surface area contributed by atoms with Gasteiger partial charge in [0.25, 0.3) is 0 Å². The normalized spacial score (nSPS) is 16.7. The molecule has 0 aliphatic carbocycles. The molecule has 3 aromatic rings. The number of hydrogen-bond donors (Lipinski definition) is 2. The number of fused-ring (bicyclic) bond motifs is 1. The lowest BCUT2D eigenvalue weighted by Crippen LogP contribution is -2.24. The number of ether oxygens (including phenoxy) is 3. The monoisotopic (exact) mass is 468 g/mol. The van der Waals surface area contributed by atoms with E-state index in [4.69, 9.17) is 24.0 Å². The maximum atomic E-state index is 13.5. The molecule has 1 aliphatic heterocycles. The van der Waals surface area contributed by atoms with Crippen molar-refractivity contribution in [3.8, 4) is 23.0 Å². The van der Waals surface area contributed by atoms with Gasteiger partial charge >= 0.3 is 7.82 Å². The largest absolute Gasteiger partial charge is 0.524 e. The van der Waals surface area contributed by atoms with Gasteiger partial charge in [-0.3, -0.25) is 14.6 Å². The third kappa shape index (κ3) is 5.09. The molecule has 8 nitrogen and oxygen atoms in total. The van der Waals surface area contributed by atoms with Crippen LogP contribution in [0.25, 0.3) is 6.08 Å². The molecule has 2 N–H and O–H groups in total. The van der Waals surface area contributed by atoms with E-state index < -0.39 is 13.9 Å². The van der Waals surface area contributed by atoms with Crippen molar-refractivity contribution in [2.45, 2.75) is 6.10 Å². The van der Waals surface area contributed by atoms with Crippen molar-refractivity contribution in [2.24, 2.45) is 0 Å². The van der Waals surface area contributed by atoms with Crippen molar-refractivity contribution < 1.29 is 37.9 Å². The lowest BCUT2D eigenvalue weighted by atomic mass is 9.89. The number of carbonyl (C=O) groups excluding carboxylic acids is 1. The van der Waals surface area contributed by atoms with Crippen molar-refractivity contribution in [2.75, 3.05) is 14.2 Å². The van der Waals surface area contributed by atoms with E-state index in [-0.39, 0.29) is 22.8 Å². The zero-order valence-corrected chi connectivity index (χ0v) is 18.7. The van der Waals surface area contributed by atoms with Gasteiger partial charge in [-0.2, -0.15) is 0 Å². The van der Waals surface area contributed by atoms with Crippen LogP contribution in [-0.2, 0) is 4.57 Å². The van der Waals surface area contributed by atoms with E-state index >= 15 is 0 Å². The fraction of sp³-hybridized carbons (Fsp3) is 0.125. The molecule has 3 aromatic carbocycles. The minimum absolute atomic E-state index is 0.134. The molecule has 1 heterocycles. The van der Waals surface area contributed by atoms with Crippen molar-refractivity contribution >= 4 is 19.7 Å². The highest BCUT2D eigenvalue weighted by molar-refractivity contribution is 7.46. The third-order valence-corrected chi connectivity index (χ3v) is 5.51. The van der Waals surface area contributed by atoms with E-state index in [1.165, 1.54) is 18.2 Å². The third-order valence-electron chi connectivity index (χ3n) is 5.07. The van der Waals surface area contributed by atoms with Crippen LogP contribution in [-0.4, -0.2) is 29.8 Å². The molecule has 0 bridgehead atoms. The van der Waals surface area contributed by atoms with Crippen LogP contribution >= 0.6 is 7.82 Å². The minimum atomic E-state index is -4.78. The summed E-state index contributed by atoms with van der Waals surface area (Å²) in [5, 5.41) is 0. The Hall–Kier alpha value is -3.58. The van der Waals surface area contributed by atoms with E-state index in [1.807, 2.05) is 24.3 Å². The standard InChI is InChI=1S/C24H21O8P/c1-29-17-7-3-15(4-8-17)13-21-23(25)20-14-19(32-33(26,27)28)11-12-22(20)31-24(21)16-5-9-18(30-2)10-6-16/h3-14,24H,1-2H3,(H2,26,27,28). The minimum Gasteiger partial charge on any atom is -0.497 e. The van der Waals surface area contributed by atoms with Gasteiger partial charge in [-0.25, -0.2) is 4.57 Å². The molecular formula is C24H21O8P. The molecule has 1 atom stereocenters. The van der Waals surface area contributed by atoms with Gasteiger partial charge < -0.3 is 18.7 Å². The second-order valence-corrected chi connectivity index (χ2v) is 8.38. The van der Waals surface area contributed by atoms with Crippen LogP contribution in [0.15, 0.2) is 72.3 Å². The van der Waals surface area contributed by atoms with E-state index in [0.717, 1.165) is 11.1 Å². The van der Waals surface area contributed by atoms with E-state index in [2.05, 4.69) is 4.52 Å². The lowest BCUT2D eigenvalue weighted by Gasteiger charge is -2.28. The highest BCUT2D eigenvalue weighted by atomic mass is 31.2. The van der Waals surface area contributed by atoms with Gasteiger partial charge in [0.1, 0.15) is 23.0 Å². The second kappa shape index (κ2) is 9.11. The van der Waals surface area contributed by atoms with Crippen molar-refractivity contribution in [3.63, 3.8) is 0 Å². The molecule has 0 spiro atoms. The van der Waals surface area contributed by atoms with Crippen LogP contribution < -0.4 is 18.7 Å². The van der Waals surface area contributed by atoms with Crippen LogP contribution in [0.3, 0.4) is 0 Å². The Balaban J connectivity index is 1.80. The van der Waals surface area contributed by atoms with Crippen LogP contribution in [0.4, 0.5) is 0 Å². The smallest absolute Gasteiger partial charge is 0.497 e. The van der Waals surface area contributed by atoms with Gasteiger partial charge in [0, 0.05) is 5.57 Å². The molecule has 0 aromatic heterocycles. The molecule has 9 heteroatoms. The molecule has 170 valence electrons. The van der Waals surface area contributed by atoms with Gasteiger partial charge in [0.05, 0.1) is 19.8 Å². The number of rotatable bonds is 6. The maximum absolute atomic E-state index is 13.5. The lowest BCUT2D eigenvalue weighted by molar-refractivity contribution is 0.0962. The summed E-state index contributed by atoms with van der Waals surface area (Å²) in [6.07, 6.45) is 1.02. The summed E-state index contributed by atoms with van der Waals surface area (Å²) in [4.78, 5) is 31.7. The number of methoxy groups -OCH3 is 2. The fourth-order valence-electron chi connectivity index (χ4n) is 3.50. The topological polar surface area (TPSA) is 112 Å². The van der Waals surface area contributed by atoms with Gasteiger partial charge in [-0.05, 0) is 59.7 Å². The fourth-order valence-corrected chi connectivity index (χ4v) is 3.88. The first-order valence-electron chi connectivity index (χ1n) is 9.87. The molecule has 0 saturated carbocycles. The summed E-state index contributed by atoms with van der Waals surface area (Å²) >= 11 is 0. The van der Waals surface area contributed by atoms with Gasteiger partial charge in [0.2, 0.25) is 0 Å². The Morgan fingerprint density at radius 1 is 0.879 bits per heavy atom.